The predicted molar refractivity (Wildman–Crippen MR) is 39.6 cm³/mol. The zero-order chi connectivity index (χ0) is 6.69. The van der Waals surface area contributed by atoms with E-state index in [1.807, 2.05) is 0 Å². The smallest absolute Gasteiger partial charge is 0.220 e. The van der Waals surface area contributed by atoms with Crippen molar-refractivity contribution in [3.63, 3.8) is 0 Å². The maximum atomic E-state index is 10.6. The first-order chi connectivity index (χ1) is 4.33. The summed E-state index contributed by atoms with van der Waals surface area (Å²) in [5, 5.41) is 3.87. The number of carbonyl (C=O) groups is 1. The third kappa shape index (κ3) is 1.97. The lowest BCUT2D eigenvalue weighted by Gasteiger charge is -2.04. The van der Waals surface area contributed by atoms with Crippen molar-refractivity contribution in [2.24, 2.45) is 0 Å². The second-order valence-corrected chi connectivity index (χ2v) is 3.07. The number of carbonyl (C=O) groups excluding carboxylic acids is 1. The summed E-state index contributed by atoms with van der Waals surface area (Å²) < 4.78 is 0. The molecule has 1 amide bonds. The average molecular weight is 192 g/mol. The molecule has 1 rings (SSSR count). The Morgan fingerprint density at radius 3 is 3.00 bits per heavy atom. The molecule has 2 nitrogen and oxygen atoms in total. The van der Waals surface area contributed by atoms with Gasteiger partial charge in [0.2, 0.25) is 5.91 Å². The summed E-state index contributed by atoms with van der Waals surface area (Å²) in [7, 11) is 0. The topological polar surface area (TPSA) is 29.1 Å². The molecule has 9 heavy (non-hydrogen) atoms. The van der Waals surface area contributed by atoms with Gasteiger partial charge in [-0.25, -0.2) is 0 Å². The van der Waals surface area contributed by atoms with Gasteiger partial charge in [0.15, 0.2) is 0 Å². The van der Waals surface area contributed by atoms with Crippen molar-refractivity contribution in [1.29, 1.82) is 0 Å². The molecule has 0 bridgehead atoms. The lowest BCUT2D eigenvalue weighted by Crippen LogP contribution is -2.25. The number of hydrogen-bond acceptors (Lipinski definition) is 1. The van der Waals surface area contributed by atoms with E-state index >= 15 is 0 Å². The van der Waals surface area contributed by atoms with Crippen molar-refractivity contribution in [1.82, 2.24) is 5.32 Å². The van der Waals surface area contributed by atoms with Gasteiger partial charge in [-0.3, -0.25) is 4.79 Å². The van der Waals surface area contributed by atoms with Crippen LogP contribution in [0.4, 0.5) is 0 Å². The molecule has 0 radical (unpaired) electrons. The van der Waals surface area contributed by atoms with Gasteiger partial charge in [-0.15, -0.1) is 0 Å². The largest absolute Gasteiger partial charge is 0.353 e. The van der Waals surface area contributed by atoms with Gasteiger partial charge in [0, 0.05) is 17.8 Å². The lowest BCUT2D eigenvalue weighted by molar-refractivity contribution is -0.119. The van der Waals surface area contributed by atoms with E-state index in [-0.39, 0.29) is 5.91 Å². The van der Waals surface area contributed by atoms with Crippen LogP contribution in [0.2, 0.25) is 0 Å². The summed E-state index contributed by atoms with van der Waals surface area (Å²) in [4.78, 5) is 10.6. The van der Waals surface area contributed by atoms with Gasteiger partial charge in [0.25, 0.3) is 0 Å². The van der Waals surface area contributed by atoms with Crippen LogP contribution in [0.5, 0.6) is 0 Å². The number of rotatable bonds is 2. The monoisotopic (exact) mass is 191 g/mol. The normalized spacial score (nSPS) is 26.3. The SMILES string of the molecule is O=C1CCC(CCBr)N1. The number of hydrogen-bond donors (Lipinski definition) is 1. The molecule has 1 aliphatic rings. The number of halogens is 1. The van der Waals surface area contributed by atoms with Gasteiger partial charge in [-0.1, -0.05) is 15.9 Å². The van der Waals surface area contributed by atoms with Crippen LogP contribution in [0.15, 0.2) is 0 Å². The molecule has 0 aliphatic carbocycles. The van der Waals surface area contributed by atoms with E-state index in [0.717, 1.165) is 24.6 Å². The Morgan fingerprint density at radius 1 is 1.78 bits per heavy atom. The van der Waals surface area contributed by atoms with Crippen molar-refractivity contribution < 1.29 is 4.79 Å². The Kier molecular flexibility index (Phi) is 2.51. The fraction of sp³-hybridized carbons (Fsp3) is 0.833. The molecule has 52 valence electrons. The molecule has 0 spiro atoms. The third-order valence-corrected chi connectivity index (χ3v) is 2.00. The second kappa shape index (κ2) is 3.20. The van der Waals surface area contributed by atoms with Crippen molar-refractivity contribution in [3.8, 4) is 0 Å². The van der Waals surface area contributed by atoms with Gasteiger partial charge >= 0.3 is 0 Å². The molecular formula is C6H10BrNO. The highest BCUT2D eigenvalue weighted by molar-refractivity contribution is 9.09. The Morgan fingerprint density at radius 2 is 2.56 bits per heavy atom. The minimum Gasteiger partial charge on any atom is -0.353 e. The highest BCUT2D eigenvalue weighted by atomic mass is 79.9. The van der Waals surface area contributed by atoms with Crippen LogP contribution in [0.1, 0.15) is 19.3 Å². The van der Waals surface area contributed by atoms with Crippen molar-refractivity contribution >= 4 is 21.8 Å². The fourth-order valence-electron chi connectivity index (χ4n) is 1.03. The molecule has 0 aromatic heterocycles. The summed E-state index contributed by atoms with van der Waals surface area (Å²) in [6.07, 6.45) is 2.80. The van der Waals surface area contributed by atoms with Crippen LogP contribution >= 0.6 is 15.9 Å². The molecule has 1 heterocycles. The number of amides is 1. The molecular weight excluding hydrogens is 182 g/mol. The summed E-state index contributed by atoms with van der Waals surface area (Å²) in [6, 6.07) is 0.442. The van der Waals surface area contributed by atoms with Crippen LogP contribution in [0.3, 0.4) is 0 Å². The zero-order valence-corrected chi connectivity index (χ0v) is 6.78. The molecule has 1 atom stereocenters. The predicted octanol–water partition coefficient (Wildman–Crippen LogP) is 1.05. The average Bonchev–Trinajstić information content (AvgIpc) is 2.17. The molecule has 1 N–H and O–H groups in total. The fourth-order valence-corrected chi connectivity index (χ4v) is 1.58. The highest BCUT2D eigenvalue weighted by Gasteiger charge is 2.18. The van der Waals surface area contributed by atoms with Crippen molar-refractivity contribution in [2.45, 2.75) is 25.3 Å². The highest BCUT2D eigenvalue weighted by Crippen LogP contribution is 2.10. The Hall–Kier alpha value is -0.0500. The van der Waals surface area contributed by atoms with Crippen LogP contribution in [-0.2, 0) is 4.79 Å². The molecule has 3 heteroatoms. The summed E-state index contributed by atoms with van der Waals surface area (Å²) in [5.41, 5.74) is 0. The van der Waals surface area contributed by atoms with Gasteiger partial charge in [-0.05, 0) is 12.8 Å². The quantitative estimate of drug-likeness (QED) is 0.651. The van der Waals surface area contributed by atoms with Crippen molar-refractivity contribution in [2.75, 3.05) is 5.33 Å². The summed E-state index contributed by atoms with van der Waals surface area (Å²) >= 11 is 3.33. The van der Waals surface area contributed by atoms with Gasteiger partial charge in [-0.2, -0.15) is 0 Å². The van der Waals surface area contributed by atoms with E-state index in [0.29, 0.717) is 6.04 Å². The molecule has 0 aromatic rings. The molecule has 1 aliphatic heterocycles. The second-order valence-electron chi connectivity index (χ2n) is 2.28. The first-order valence-corrected chi connectivity index (χ1v) is 4.30. The third-order valence-electron chi connectivity index (χ3n) is 1.54. The number of alkyl halides is 1. The minimum absolute atomic E-state index is 0.209. The van der Waals surface area contributed by atoms with Crippen LogP contribution in [-0.4, -0.2) is 17.3 Å². The van der Waals surface area contributed by atoms with Crippen LogP contribution < -0.4 is 5.32 Å². The minimum atomic E-state index is 0.209. The first kappa shape index (κ1) is 7.06. The van der Waals surface area contributed by atoms with Crippen LogP contribution in [0, 0.1) is 0 Å². The molecule has 1 saturated heterocycles. The van der Waals surface area contributed by atoms with E-state index < -0.39 is 0 Å². The van der Waals surface area contributed by atoms with E-state index in [4.69, 9.17) is 0 Å². The standard InChI is InChI=1S/C6H10BrNO/c7-4-3-5-1-2-6(9)8-5/h5H,1-4H2,(H,8,9). The maximum Gasteiger partial charge on any atom is 0.220 e. The lowest BCUT2D eigenvalue weighted by atomic mass is 10.2. The van der Waals surface area contributed by atoms with Gasteiger partial charge in [0.1, 0.15) is 0 Å². The van der Waals surface area contributed by atoms with Crippen LogP contribution in [0.25, 0.3) is 0 Å². The van der Waals surface area contributed by atoms with E-state index in [2.05, 4.69) is 21.2 Å². The Balaban J connectivity index is 2.22. The zero-order valence-electron chi connectivity index (χ0n) is 5.19. The van der Waals surface area contributed by atoms with Gasteiger partial charge < -0.3 is 5.32 Å². The first-order valence-electron chi connectivity index (χ1n) is 3.18. The molecule has 0 saturated carbocycles. The Bertz CT molecular complexity index is 116. The summed E-state index contributed by atoms with van der Waals surface area (Å²) in [6.45, 7) is 0. The summed E-state index contributed by atoms with van der Waals surface area (Å²) in [5.74, 6) is 0.209. The molecule has 1 fully saturated rings. The Labute approximate surface area is 63.1 Å². The van der Waals surface area contributed by atoms with E-state index in [1.165, 1.54) is 0 Å². The molecule has 1 unspecified atom stereocenters. The van der Waals surface area contributed by atoms with E-state index in [9.17, 15) is 4.79 Å². The maximum absolute atomic E-state index is 10.6. The van der Waals surface area contributed by atoms with Crippen molar-refractivity contribution in [3.05, 3.63) is 0 Å². The van der Waals surface area contributed by atoms with E-state index in [1.54, 1.807) is 0 Å². The number of nitrogens with one attached hydrogen (secondary N) is 1. The molecule has 0 aromatic carbocycles. The van der Waals surface area contributed by atoms with Gasteiger partial charge in [0.05, 0.1) is 0 Å².